The summed E-state index contributed by atoms with van der Waals surface area (Å²) in [6.07, 6.45) is 14.5. The molecule has 0 amide bonds. The molecule has 180 valence electrons. The molecular formula is C31H50O. The molecule has 0 bridgehead atoms. The Labute approximate surface area is 198 Å². The van der Waals surface area contributed by atoms with Gasteiger partial charge >= 0.3 is 0 Å². The summed E-state index contributed by atoms with van der Waals surface area (Å²) in [5, 5.41) is 0. The van der Waals surface area contributed by atoms with Crippen LogP contribution >= 0.6 is 0 Å². The Morgan fingerprint density at radius 3 is 2.25 bits per heavy atom. The van der Waals surface area contributed by atoms with Gasteiger partial charge in [-0.2, -0.15) is 0 Å². The highest BCUT2D eigenvalue weighted by Crippen LogP contribution is 2.88. The molecule has 1 nitrogen and oxygen atoms in total. The summed E-state index contributed by atoms with van der Waals surface area (Å²) in [6, 6.07) is 0. The smallest absolute Gasteiger partial charge is 0.138 e. The van der Waals surface area contributed by atoms with Gasteiger partial charge in [0.1, 0.15) is 5.78 Å². The summed E-state index contributed by atoms with van der Waals surface area (Å²) in [5.41, 5.74) is 3.44. The average Bonchev–Trinajstić information content (AvgIpc) is 3.31. The van der Waals surface area contributed by atoms with Crippen molar-refractivity contribution < 1.29 is 4.79 Å². The number of carbonyl (C=O) groups is 1. The Bertz CT molecular complexity index is 820. The van der Waals surface area contributed by atoms with E-state index in [1.807, 2.05) is 0 Å². The maximum Gasteiger partial charge on any atom is 0.138 e. The number of Topliss-reactive ketones (excluding diaryl/α,β-unsaturated/α-hetero) is 1. The number of hydrogen-bond donors (Lipinski definition) is 0. The zero-order valence-electron chi connectivity index (χ0n) is 22.3. The molecule has 2 spiro atoms. The van der Waals surface area contributed by atoms with Gasteiger partial charge in [-0.15, -0.1) is 0 Å². The molecule has 0 aromatic carbocycles. The molecule has 0 radical (unpaired) electrons. The van der Waals surface area contributed by atoms with Crippen LogP contribution < -0.4 is 0 Å². The summed E-state index contributed by atoms with van der Waals surface area (Å²) < 4.78 is 0. The van der Waals surface area contributed by atoms with Gasteiger partial charge in [0, 0.05) is 11.8 Å². The highest BCUT2D eigenvalue weighted by Gasteiger charge is 2.82. The van der Waals surface area contributed by atoms with Crippen LogP contribution in [-0.2, 0) is 4.79 Å². The Morgan fingerprint density at radius 1 is 0.906 bits per heavy atom. The summed E-state index contributed by atoms with van der Waals surface area (Å²) in [4.78, 5) is 12.8. The molecule has 0 N–H and O–H groups in total. The van der Waals surface area contributed by atoms with Gasteiger partial charge in [0.2, 0.25) is 0 Å². The molecule has 0 saturated heterocycles. The van der Waals surface area contributed by atoms with Crippen molar-refractivity contribution in [1.29, 1.82) is 0 Å². The molecule has 8 atom stereocenters. The number of hydrogen-bond acceptors (Lipinski definition) is 1. The standard InChI is InChI=1S/C31H50O/c1-20(2)21(3)9-10-22(4)23-13-15-29(8)25-12-11-24-27(5,6)26(32)14-16-30(24)19-31(25,30)18-17-28(23,29)7/h20,22-25H,3,9-19H2,1-2,4-8H3/t22?,23-,24?,25?,28-,29+,30-,31+/m1/s1. The van der Waals surface area contributed by atoms with Gasteiger partial charge < -0.3 is 0 Å². The van der Waals surface area contributed by atoms with E-state index in [2.05, 4.69) is 55.0 Å². The van der Waals surface area contributed by atoms with Gasteiger partial charge in [0.25, 0.3) is 0 Å². The van der Waals surface area contributed by atoms with E-state index >= 15 is 0 Å². The normalized spacial score (nSPS) is 49.6. The van der Waals surface area contributed by atoms with Crippen LogP contribution in [0.1, 0.15) is 119 Å². The molecule has 5 aliphatic carbocycles. The molecule has 5 fully saturated rings. The Hall–Kier alpha value is -0.590. The van der Waals surface area contributed by atoms with Crippen molar-refractivity contribution in [2.75, 3.05) is 0 Å². The van der Waals surface area contributed by atoms with Crippen molar-refractivity contribution >= 4 is 5.78 Å². The van der Waals surface area contributed by atoms with E-state index in [1.54, 1.807) is 0 Å². The Kier molecular flexibility index (Phi) is 5.05. The third-order valence-corrected chi connectivity index (χ3v) is 13.3. The van der Waals surface area contributed by atoms with Crippen molar-refractivity contribution in [3.8, 4) is 0 Å². The van der Waals surface area contributed by atoms with Crippen molar-refractivity contribution in [2.45, 2.75) is 119 Å². The molecule has 0 aromatic rings. The minimum absolute atomic E-state index is 0.0834. The molecular weight excluding hydrogens is 388 g/mol. The fourth-order valence-electron chi connectivity index (χ4n) is 11.0. The summed E-state index contributed by atoms with van der Waals surface area (Å²) in [5.74, 6) is 4.41. The summed E-state index contributed by atoms with van der Waals surface area (Å²) in [7, 11) is 0. The topological polar surface area (TPSA) is 17.1 Å². The zero-order chi connectivity index (χ0) is 23.3. The third kappa shape index (κ3) is 2.66. The first-order valence-corrected chi connectivity index (χ1v) is 14.1. The van der Waals surface area contributed by atoms with Crippen LogP contribution in [0.4, 0.5) is 0 Å². The Balaban J connectivity index is 1.39. The van der Waals surface area contributed by atoms with Crippen molar-refractivity contribution in [3.05, 3.63) is 12.2 Å². The SMILES string of the molecule is C=C(CCC(C)[C@H]1CC[C@@]2(C)C3CCC4C(C)(C)C(=O)CC[C@@]45C[C@@]35CC[C@]12C)C(C)C. The maximum atomic E-state index is 12.8. The van der Waals surface area contributed by atoms with Crippen LogP contribution in [0.25, 0.3) is 0 Å². The minimum Gasteiger partial charge on any atom is -0.299 e. The molecule has 5 aliphatic rings. The first-order valence-electron chi connectivity index (χ1n) is 14.1. The number of fused-ring (bicyclic) bond motifs is 2. The molecule has 5 rings (SSSR count). The molecule has 5 saturated carbocycles. The van der Waals surface area contributed by atoms with Crippen LogP contribution in [-0.4, -0.2) is 5.78 Å². The van der Waals surface area contributed by atoms with E-state index in [1.165, 1.54) is 69.8 Å². The van der Waals surface area contributed by atoms with Gasteiger partial charge in [-0.05, 0) is 115 Å². The fourth-order valence-corrected chi connectivity index (χ4v) is 11.0. The molecule has 1 heteroatoms. The van der Waals surface area contributed by atoms with E-state index in [-0.39, 0.29) is 5.41 Å². The predicted octanol–water partition coefficient (Wildman–Crippen LogP) is 8.62. The highest BCUT2D eigenvalue weighted by atomic mass is 16.1. The van der Waals surface area contributed by atoms with Crippen LogP contribution in [0, 0.1) is 56.7 Å². The maximum absolute atomic E-state index is 12.8. The van der Waals surface area contributed by atoms with Gasteiger partial charge in [-0.3, -0.25) is 4.79 Å². The predicted molar refractivity (Wildman–Crippen MR) is 134 cm³/mol. The van der Waals surface area contributed by atoms with Crippen molar-refractivity contribution in [2.24, 2.45) is 56.7 Å². The van der Waals surface area contributed by atoms with E-state index in [0.717, 1.165) is 24.2 Å². The van der Waals surface area contributed by atoms with Crippen LogP contribution in [0.5, 0.6) is 0 Å². The number of allylic oxidation sites excluding steroid dienone is 1. The van der Waals surface area contributed by atoms with E-state index in [4.69, 9.17) is 0 Å². The average molecular weight is 439 g/mol. The first-order chi connectivity index (χ1) is 14.9. The second kappa shape index (κ2) is 6.97. The zero-order valence-corrected chi connectivity index (χ0v) is 22.3. The van der Waals surface area contributed by atoms with Gasteiger partial charge in [0.15, 0.2) is 0 Å². The lowest BCUT2D eigenvalue weighted by atomic mass is 9.42. The lowest BCUT2D eigenvalue weighted by Gasteiger charge is -2.62. The van der Waals surface area contributed by atoms with Crippen molar-refractivity contribution in [1.82, 2.24) is 0 Å². The van der Waals surface area contributed by atoms with Gasteiger partial charge in [-0.25, -0.2) is 0 Å². The molecule has 0 aliphatic heterocycles. The fraction of sp³-hybridized carbons (Fsp3) is 0.903. The molecule has 0 heterocycles. The lowest BCUT2D eigenvalue weighted by Crippen LogP contribution is -2.57. The third-order valence-electron chi connectivity index (χ3n) is 13.3. The quantitative estimate of drug-likeness (QED) is 0.393. The number of ketones is 1. The van der Waals surface area contributed by atoms with Crippen LogP contribution in [0.3, 0.4) is 0 Å². The summed E-state index contributed by atoms with van der Waals surface area (Å²) >= 11 is 0. The molecule has 3 unspecified atom stereocenters. The monoisotopic (exact) mass is 438 g/mol. The number of carbonyl (C=O) groups excluding carboxylic acids is 1. The van der Waals surface area contributed by atoms with Crippen LogP contribution in [0.15, 0.2) is 12.2 Å². The lowest BCUT2D eigenvalue weighted by molar-refractivity contribution is -0.157. The number of rotatable bonds is 5. The first kappa shape index (κ1) is 23.2. The van der Waals surface area contributed by atoms with Gasteiger partial charge in [0.05, 0.1) is 0 Å². The largest absolute Gasteiger partial charge is 0.299 e. The second-order valence-corrected chi connectivity index (χ2v) is 14.6. The summed E-state index contributed by atoms with van der Waals surface area (Å²) in [6.45, 7) is 21.5. The molecule has 32 heavy (non-hydrogen) atoms. The van der Waals surface area contributed by atoms with E-state index < -0.39 is 0 Å². The second-order valence-electron chi connectivity index (χ2n) is 14.6. The van der Waals surface area contributed by atoms with Crippen LogP contribution in [0.2, 0.25) is 0 Å². The molecule has 0 aromatic heterocycles. The van der Waals surface area contributed by atoms with E-state index in [0.29, 0.717) is 39.3 Å². The van der Waals surface area contributed by atoms with Crippen molar-refractivity contribution in [3.63, 3.8) is 0 Å². The Morgan fingerprint density at radius 2 is 1.56 bits per heavy atom. The van der Waals surface area contributed by atoms with Gasteiger partial charge in [-0.1, -0.05) is 60.6 Å². The van der Waals surface area contributed by atoms with E-state index in [9.17, 15) is 4.79 Å². The minimum atomic E-state index is -0.0834. The highest BCUT2D eigenvalue weighted by molar-refractivity contribution is 5.86.